The Kier molecular flexibility index (Phi) is 3.72. The van der Waals surface area contributed by atoms with Crippen molar-refractivity contribution in [1.82, 2.24) is 0 Å². The van der Waals surface area contributed by atoms with E-state index in [2.05, 4.69) is 40.1 Å². The molecule has 0 aliphatic carbocycles. The highest BCUT2D eigenvalue weighted by atomic mass is 29.8. The van der Waals surface area contributed by atoms with Crippen LogP contribution >= 0.6 is 0 Å². The second-order valence-electron chi connectivity index (χ2n) is 6.69. The van der Waals surface area contributed by atoms with Crippen LogP contribution in [0.2, 0.25) is 26.2 Å². The standard InChI is InChI=1S/C11H26O3Si4/c1-9-17(12)15(5,6)11(3,4)14-16(7,8)18(17,13)10-2/h9-10,12-13H,1-2H2,3-8H3. The summed E-state index contributed by atoms with van der Waals surface area (Å²) in [6.45, 7) is 20.1. The molecular weight excluding hydrogens is 292 g/mol. The maximum atomic E-state index is 11.4. The Hall–Kier alpha value is 0.228. The van der Waals surface area contributed by atoms with Crippen molar-refractivity contribution in [2.75, 3.05) is 0 Å². The highest BCUT2D eigenvalue weighted by molar-refractivity contribution is 7.83. The van der Waals surface area contributed by atoms with Gasteiger partial charge in [0.2, 0.25) is 22.5 Å². The third-order valence-corrected chi connectivity index (χ3v) is 54.9. The molecule has 0 amide bonds. The lowest BCUT2D eigenvalue weighted by molar-refractivity contribution is 0.178. The topological polar surface area (TPSA) is 49.7 Å². The van der Waals surface area contributed by atoms with Gasteiger partial charge in [-0.3, -0.25) is 0 Å². The van der Waals surface area contributed by atoms with Crippen LogP contribution in [0, 0.1) is 0 Å². The van der Waals surface area contributed by atoms with Crippen molar-refractivity contribution in [1.29, 1.82) is 0 Å². The Balaban J connectivity index is 3.65. The molecule has 104 valence electrons. The van der Waals surface area contributed by atoms with Crippen molar-refractivity contribution in [3.05, 3.63) is 24.6 Å². The zero-order chi connectivity index (χ0) is 14.6. The predicted molar refractivity (Wildman–Crippen MR) is 86.5 cm³/mol. The van der Waals surface area contributed by atoms with Gasteiger partial charge in [0.1, 0.15) is 7.59 Å². The van der Waals surface area contributed by atoms with Crippen molar-refractivity contribution < 1.29 is 14.0 Å². The van der Waals surface area contributed by atoms with Gasteiger partial charge in [-0.05, 0) is 26.9 Å². The van der Waals surface area contributed by atoms with Crippen LogP contribution in [-0.4, -0.2) is 44.9 Å². The van der Waals surface area contributed by atoms with E-state index in [9.17, 15) is 9.59 Å². The summed E-state index contributed by atoms with van der Waals surface area (Å²) in [6.07, 6.45) is 0. The lowest BCUT2D eigenvalue weighted by Gasteiger charge is -2.62. The van der Waals surface area contributed by atoms with Crippen LogP contribution in [0.5, 0.6) is 0 Å². The molecule has 1 aliphatic heterocycles. The molecule has 1 saturated heterocycles. The molecule has 1 rings (SSSR count). The zero-order valence-electron chi connectivity index (χ0n) is 12.4. The highest BCUT2D eigenvalue weighted by Crippen LogP contribution is 2.46. The lowest BCUT2D eigenvalue weighted by Crippen LogP contribution is -2.93. The molecule has 0 aromatic rings. The number of hydrogen-bond acceptors (Lipinski definition) is 3. The van der Waals surface area contributed by atoms with E-state index in [1.54, 1.807) is 11.4 Å². The smallest absolute Gasteiger partial charge is 0.248 e. The maximum absolute atomic E-state index is 11.4. The minimum atomic E-state index is -3.00. The Morgan fingerprint density at radius 1 is 0.944 bits per heavy atom. The first kappa shape index (κ1) is 16.3. The average Bonchev–Trinajstić information content (AvgIpc) is 2.23. The summed E-state index contributed by atoms with van der Waals surface area (Å²) in [4.78, 5) is 22.6. The molecule has 3 nitrogen and oxygen atoms in total. The Labute approximate surface area is 114 Å². The molecule has 0 saturated carbocycles. The van der Waals surface area contributed by atoms with Gasteiger partial charge in [0.25, 0.3) is 0 Å². The molecule has 0 aromatic heterocycles. The van der Waals surface area contributed by atoms with Crippen molar-refractivity contribution in [3.63, 3.8) is 0 Å². The molecule has 0 aromatic carbocycles. The van der Waals surface area contributed by atoms with Gasteiger partial charge in [-0.15, -0.1) is 13.2 Å². The van der Waals surface area contributed by atoms with Gasteiger partial charge in [0, 0.05) is 5.22 Å². The van der Waals surface area contributed by atoms with E-state index in [4.69, 9.17) is 4.43 Å². The van der Waals surface area contributed by atoms with Crippen LogP contribution < -0.4 is 0 Å². The number of hydrogen-bond donors (Lipinski definition) is 2. The average molecular weight is 319 g/mol. The quantitative estimate of drug-likeness (QED) is 0.764. The molecule has 1 heterocycles. The molecule has 0 spiro atoms. The van der Waals surface area contributed by atoms with E-state index >= 15 is 0 Å². The van der Waals surface area contributed by atoms with Gasteiger partial charge in [0.05, 0.1) is 0 Å². The molecule has 2 atom stereocenters. The third kappa shape index (κ3) is 1.62. The SMILES string of the molecule is C=C[Si]1(O)[Si](C)(C)OC(C)(C)[Si](C)(C)[Si]1(O)C=C. The van der Waals surface area contributed by atoms with Gasteiger partial charge in [0.15, 0.2) is 0 Å². The van der Waals surface area contributed by atoms with E-state index in [1.807, 2.05) is 13.1 Å². The van der Waals surface area contributed by atoms with Crippen LogP contribution in [-0.2, 0) is 4.43 Å². The van der Waals surface area contributed by atoms with Gasteiger partial charge in [-0.2, -0.15) is 0 Å². The normalized spacial score (nSPS) is 41.1. The van der Waals surface area contributed by atoms with Crippen molar-refractivity contribution in [2.45, 2.75) is 45.3 Å². The van der Waals surface area contributed by atoms with Crippen molar-refractivity contribution >= 4 is 30.1 Å². The Bertz CT molecular complexity index is 394. The van der Waals surface area contributed by atoms with Crippen LogP contribution in [0.1, 0.15) is 13.8 Å². The molecule has 1 fully saturated rings. The summed E-state index contributed by atoms with van der Waals surface area (Å²) >= 11 is 0. The van der Waals surface area contributed by atoms with Gasteiger partial charge in [-0.25, -0.2) is 0 Å². The first-order valence-corrected chi connectivity index (χ1v) is 19.2. The van der Waals surface area contributed by atoms with Crippen LogP contribution in [0.3, 0.4) is 0 Å². The molecule has 0 bridgehead atoms. The Morgan fingerprint density at radius 3 is 1.67 bits per heavy atom. The summed E-state index contributed by atoms with van der Waals surface area (Å²) in [5, 5.41) is -0.333. The van der Waals surface area contributed by atoms with Crippen LogP contribution in [0.4, 0.5) is 0 Å². The summed E-state index contributed by atoms with van der Waals surface area (Å²) < 4.78 is 6.35. The monoisotopic (exact) mass is 318 g/mol. The van der Waals surface area contributed by atoms with Gasteiger partial charge >= 0.3 is 0 Å². The fourth-order valence-electron chi connectivity index (χ4n) is 3.05. The minimum absolute atomic E-state index is 0.333. The minimum Gasteiger partial charge on any atom is -0.430 e. The molecule has 7 heteroatoms. The Morgan fingerprint density at radius 2 is 1.33 bits per heavy atom. The van der Waals surface area contributed by atoms with E-state index in [0.29, 0.717) is 0 Å². The van der Waals surface area contributed by atoms with E-state index in [0.717, 1.165) is 0 Å². The van der Waals surface area contributed by atoms with Crippen molar-refractivity contribution in [3.8, 4) is 0 Å². The van der Waals surface area contributed by atoms with E-state index in [-0.39, 0.29) is 5.22 Å². The molecule has 1 aliphatic rings. The van der Waals surface area contributed by atoms with Crippen LogP contribution in [0.15, 0.2) is 24.6 Å². The summed E-state index contributed by atoms with van der Waals surface area (Å²) in [5.74, 6) is 0. The lowest BCUT2D eigenvalue weighted by atomic mass is 10.5. The number of rotatable bonds is 2. The molecule has 2 N–H and O–H groups in total. The van der Waals surface area contributed by atoms with Gasteiger partial charge in [-0.1, -0.05) is 24.5 Å². The van der Waals surface area contributed by atoms with E-state index in [1.165, 1.54) is 0 Å². The summed E-state index contributed by atoms with van der Waals surface area (Å²) in [5.41, 5.74) is 3.35. The van der Waals surface area contributed by atoms with E-state index < -0.39 is 30.1 Å². The first-order valence-electron chi connectivity index (χ1n) is 6.25. The summed E-state index contributed by atoms with van der Waals surface area (Å²) in [6, 6.07) is 0. The molecule has 0 radical (unpaired) electrons. The van der Waals surface area contributed by atoms with Gasteiger partial charge < -0.3 is 14.0 Å². The first-order chi connectivity index (χ1) is 7.83. The fourth-order valence-corrected chi connectivity index (χ4v) is 64.3. The molecule has 2 unspecified atom stereocenters. The molecule has 18 heavy (non-hydrogen) atoms. The largest absolute Gasteiger partial charge is 0.430 e. The molecular formula is C11H26O3Si4. The predicted octanol–water partition coefficient (Wildman–Crippen LogP) is 1.81. The van der Waals surface area contributed by atoms with Crippen molar-refractivity contribution in [2.24, 2.45) is 0 Å². The van der Waals surface area contributed by atoms with Crippen LogP contribution in [0.25, 0.3) is 0 Å². The summed E-state index contributed by atoms with van der Waals surface area (Å²) in [7, 11) is -10.5. The second-order valence-corrected chi connectivity index (χ2v) is 37.8. The third-order valence-electron chi connectivity index (χ3n) is 5.06. The second kappa shape index (κ2) is 4.11. The maximum Gasteiger partial charge on any atom is 0.248 e. The fraction of sp³-hybridized carbons (Fsp3) is 0.636. The highest BCUT2D eigenvalue weighted by Gasteiger charge is 2.76. The zero-order valence-corrected chi connectivity index (χ0v) is 16.4.